The molecule has 0 aliphatic heterocycles. The Morgan fingerprint density at radius 1 is 1.45 bits per heavy atom. The molecule has 1 aromatic carbocycles. The summed E-state index contributed by atoms with van der Waals surface area (Å²) in [5.41, 5.74) is 0. The molecule has 1 atom stereocenters. The molecule has 9 heteroatoms. The fourth-order valence-electron chi connectivity index (χ4n) is 1.40. The second-order valence-electron chi connectivity index (χ2n) is 3.87. The summed E-state index contributed by atoms with van der Waals surface area (Å²) in [6.45, 7) is 0. The topological polar surface area (TPSA) is 83.5 Å². The minimum absolute atomic E-state index is 0.0344. The summed E-state index contributed by atoms with van der Waals surface area (Å²) in [6, 6.07) is 0.554. The highest BCUT2D eigenvalue weighted by Crippen LogP contribution is 2.16. The zero-order valence-corrected chi connectivity index (χ0v) is 12.1. The van der Waals surface area contributed by atoms with Gasteiger partial charge in [0.15, 0.2) is 0 Å². The molecule has 0 bridgehead atoms. The van der Waals surface area contributed by atoms with E-state index in [0.29, 0.717) is 17.9 Å². The molecule has 0 saturated carbocycles. The van der Waals surface area contributed by atoms with Gasteiger partial charge in [-0.15, -0.1) is 0 Å². The van der Waals surface area contributed by atoms with E-state index >= 15 is 0 Å². The van der Waals surface area contributed by atoms with Gasteiger partial charge in [-0.05, 0) is 36.6 Å². The van der Waals surface area contributed by atoms with Crippen LogP contribution in [0.15, 0.2) is 23.1 Å². The van der Waals surface area contributed by atoms with Gasteiger partial charge in [0.25, 0.3) is 0 Å². The van der Waals surface area contributed by atoms with Crippen LogP contribution in [0.25, 0.3) is 0 Å². The van der Waals surface area contributed by atoms with Crippen molar-refractivity contribution in [2.45, 2.75) is 17.4 Å². The van der Waals surface area contributed by atoms with Gasteiger partial charge in [-0.3, -0.25) is 4.79 Å². The third-order valence-electron chi connectivity index (χ3n) is 2.39. The van der Waals surface area contributed by atoms with Crippen molar-refractivity contribution in [2.75, 3.05) is 12.0 Å². The summed E-state index contributed by atoms with van der Waals surface area (Å²) in [6.07, 6.45) is 1.77. The lowest BCUT2D eigenvalue weighted by Crippen LogP contribution is -2.41. The van der Waals surface area contributed by atoms with E-state index in [9.17, 15) is 22.0 Å². The molecular weight excluding hydrogens is 312 g/mol. The van der Waals surface area contributed by atoms with E-state index in [2.05, 4.69) is 0 Å². The molecule has 0 fully saturated rings. The first-order valence-corrected chi connectivity index (χ1v) is 8.34. The van der Waals surface area contributed by atoms with E-state index in [4.69, 9.17) is 5.11 Å². The molecule has 0 aromatic heterocycles. The number of carbonyl (C=O) groups is 1. The van der Waals surface area contributed by atoms with E-state index in [0.717, 1.165) is 6.07 Å². The number of carboxylic acid groups (broad SMARTS) is 1. The number of benzene rings is 1. The monoisotopic (exact) mass is 325 g/mol. The minimum Gasteiger partial charge on any atom is -0.480 e. The van der Waals surface area contributed by atoms with E-state index in [1.807, 2.05) is 4.72 Å². The summed E-state index contributed by atoms with van der Waals surface area (Å²) in [5.74, 6) is -3.04. The molecule has 1 rings (SSSR count). The van der Waals surface area contributed by atoms with Crippen LogP contribution in [0.2, 0.25) is 0 Å². The zero-order chi connectivity index (χ0) is 15.3. The summed E-state index contributed by atoms with van der Waals surface area (Å²) in [4.78, 5) is 10.1. The van der Waals surface area contributed by atoms with Crippen molar-refractivity contribution < 1.29 is 27.1 Å². The third-order valence-corrected chi connectivity index (χ3v) is 4.52. The maximum absolute atomic E-state index is 13.4. The van der Waals surface area contributed by atoms with Gasteiger partial charge in [0.1, 0.15) is 22.6 Å². The van der Waals surface area contributed by atoms with Gasteiger partial charge >= 0.3 is 5.97 Å². The number of hydrogen-bond donors (Lipinski definition) is 2. The quantitative estimate of drug-likeness (QED) is 0.793. The number of thioether (sulfide) groups is 1. The first-order valence-electron chi connectivity index (χ1n) is 5.47. The van der Waals surface area contributed by atoms with Gasteiger partial charge in [0, 0.05) is 0 Å². The molecule has 0 aliphatic carbocycles. The smallest absolute Gasteiger partial charge is 0.321 e. The van der Waals surface area contributed by atoms with Crippen LogP contribution in [0.3, 0.4) is 0 Å². The van der Waals surface area contributed by atoms with Crippen LogP contribution < -0.4 is 4.72 Å². The largest absolute Gasteiger partial charge is 0.480 e. The standard InChI is InChI=1S/C11H13F2NO4S2/c1-19-5-4-9(11(15)16)14-20(17,18)10-6-7(12)2-3-8(10)13/h2-3,6,9,14H,4-5H2,1H3,(H,15,16)/t9-/m1/s1. The predicted molar refractivity (Wildman–Crippen MR) is 71.1 cm³/mol. The molecule has 2 N–H and O–H groups in total. The van der Waals surface area contributed by atoms with Gasteiger partial charge in [-0.25, -0.2) is 17.2 Å². The molecule has 0 heterocycles. The lowest BCUT2D eigenvalue weighted by Gasteiger charge is -2.14. The first kappa shape index (κ1) is 16.9. The Labute approximate surface area is 119 Å². The predicted octanol–water partition coefficient (Wildman–Crippen LogP) is 1.45. The summed E-state index contributed by atoms with van der Waals surface area (Å²) >= 11 is 1.34. The highest BCUT2D eigenvalue weighted by molar-refractivity contribution is 7.98. The van der Waals surface area contributed by atoms with Crippen molar-refractivity contribution in [3.05, 3.63) is 29.8 Å². The van der Waals surface area contributed by atoms with Gasteiger partial charge in [0.05, 0.1) is 0 Å². The van der Waals surface area contributed by atoms with Crippen molar-refractivity contribution in [3.8, 4) is 0 Å². The average Bonchev–Trinajstić information content (AvgIpc) is 2.36. The zero-order valence-electron chi connectivity index (χ0n) is 10.5. The number of halogens is 2. The number of aliphatic carboxylic acids is 1. The van der Waals surface area contributed by atoms with E-state index < -0.39 is 38.6 Å². The van der Waals surface area contributed by atoms with Gasteiger partial charge in [0.2, 0.25) is 10.0 Å². The molecule has 0 radical (unpaired) electrons. The van der Waals surface area contributed by atoms with Crippen LogP contribution >= 0.6 is 11.8 Å². The SMILES string of the molecule is CSCC[C@@H](NS(=O)(=O)c1cc(F)ccc1F)C(=O)O. The molecule has 0 spiro atoms. The first-order chi connectivity index (χ1) is 9.27. The Kier molecular flexibility index (Phi) is 5.90. The Balaban J connectivity index is 3.03. The van der Waals surface area contributed by atoms with Crippen molar-refractivity contribution in [1.29, 1.82) is 0 Å². The van der Waals surface area contributed by atoms with Gasteiger partial charge < -0.3 is 5.11 Å². The molecule has 0 amide bonds. The summed E-state index contributed by atoms with van der Waals surface area (Å²) < 4.78 is 52.1. The average molecular weight is 325 g/mol. The van der Waals surface area contributed by atoms with Crippen molar-refractivity contribution in [1.82, 2.24) is 4.72 Å². The van der Waals surface area contributed by atoms with Crippen molar-refractivity contribution >= 4 is 27.8 Å². The molecule has 20 heavy (non-hydrogen) atoms. The Bertz CT molecular complexity index is 592. The fourth-order valence-corrected chi connectivity index (χ4v) is 3.19. The number of sulfonamides is 1. The van der Waals surface area contributed by atoms with E-state index in [-0.39, 0.29) is 6.42 Å². The molecule has 0 aliphatic rings. The van der Waals surface area contributed by atoms with Crippen LogP contribution in [0.5, 0.6) is 0 Å². The molecule has 0 unspecified atom stereocenters. The summed E-state index contributed by atoms with van der Waals surface area (Å²) in [5, 5.41) is 8.93. The van der Waals surface area contributed by atoms with Crippen molar-refractivity contribution in [2.24, 2.45) is 0 Å². The second-order valence-corrected chi connectivity index (χ2v) is 6.54. The maximum Gasteiger partial charge on any atom is 0.321 e. The molecular formula is C11H13F2NO4S2. The van der Waals surface area contributed by atoms with Crippen LogP contribution in [0.4, 0.5) is 8.78 Å². The lowest BCUT2D eigenvalue weighted by molar-refractivity contribution is -0.139. The molecule has 1 aromatic rings. The lowest BCUT2D eigenvalue weighted by atomic mass is 10.2. The molecule has 5 nitrogen and oxygen atoms in total. The number of rotatable bonds is 7. The second kappa shape index (κ2) is 7.00. The number of hydrogen-bond acceptors (Lipinski definition) is 4. The highest BCUT2D eigenvalue weighted by Gasteiger charge is 2.27. The minimum atomic E-state index is -4.44. The summed E-state index contributed by atoms with van der Waals surface area (Å²) in [7, 11) is -4.44. The normalized spacial score (nSPS) is 13.2. The van der Waals surface area contributed by atoms with E-state index in [1.165, 1.54) is 11.8 Å². The van der Waals surface area contributed by atoms with Crippen LogP contribution in [-0.2, 0) is 14.8 Å². The highest BCUT2D eigenvalue weighted by atomic mass is 32.2. The number of nitrogens with one attached hydrogen (secondary N) is 1. The van der Waals surface area contributed by atoms with E-state index in [1.54, 1.807) is 6.26 Å². The third kappa shape index (κ3) is 4.43. The Morgan fingerprint density at radius 3 is 2.65 bits per heavy atom. The molecule has 0 saturated heterocycles. The van der Waals surface area contributed by atoms with Crippen LogP contribution in [-0.4, -0.2) is 37.5 Å². The maximum atomic E-state index is 13.4. The van der Waals surface area contributed by atoms with Gasteiger partial charge in [-0.1, -0.05) is 0 Å². The van der Waals surface area contributed by atoms with Crippen LogP contribution in [0, 0.1) is 11.6 Å². The fraction of sp³-hybridized carbons (Fsp3) is 0.364. The Hall–Kier alpha value is -1.19. The molecule has 112 valence electrons. The Morgan fingerprint density at radius 2 is 2.10 bits per heavy atom. The van der Waals surface area contributed by atoms with Crippen LogP contribution in [0.1, 0.15) is 6.42 Å². The van der Waals surface area contributed by atoms with Crippen molar-refractivity contribution in [3.63, 3.8) is 0 Å². The number of carboxylic acids is 1. The van der Waals surface area contributed by atoms with Gasteiger partial charge in [-0.2, -0.15) is 16.5 Å².